The average molecular weight is 326 g/mol. The minimum absolute atomic E-state index is 0.120. The molecule has 7 nitrogen and oxygen atoms in total. The van der Waals surface area contributed by atoms with Gasteiger partial charge in [-0.25, -0.2) is 0 Å². The molecule has 2 rings (SSSR count). The number of carbonyl (C=O) groups excluding carboxylic acids is 2. The molecule has 0 radical (unpaired) electrons. The van der Waals surface area contributed by atoms with Crippen molar-refractivity contribution in [3.8, 4) is 0 Å². The molecule has 0 spiro atoms. The van der Waals surface area contributed by atoms with Gasteiger partial charge in [0.25, 0.3) is 0 Å². The molecular formula is C16H26N2O5. The van der Waals surface area contributed by atoms with E-state index >= 15 is 0 Å². The van der Waals surface area contributed by atoms with Crippen LogP contribution in [0.4, 0.5) is 0 Å². The van der Waals surface area contributed by atoms with Gasteiger partial charge in [0.05, 0.1) is 25.1 Å². The first-order valence-corrected chi connectivity index (χ1v) is 8.36. The Balaban J connectivity index is 1.68. The summed E-state index contributed by atoms with van der Waals surface area (Å²) in [4.78, 5) is 34.7. The molecule has 130 valence electrons. The quantitative estimate of drug-likeness (QED) is 0.612. The van der Waals surface area contributed by atoms with Crippen LogP contribution >= 0.6 is 0 Å². The molecule has 3 N–H and O–H groups in total. The summed E-state index contributed by atoms with van der Waals surface area (Å²) < 4.78 is 5.22. The first kappa shape index (κ1) is 17.7. The lowest BCUT2D eigenvalue weighted by molar-refractivity contribution is -0.139. The average Bonchev–Trinajstić information content (AvgIpc) is 3.14. The van der Waals surface area contributed by atoms with Gasteiger partial charge in [0.2, 0.25) is 11.8 Å². The summed E-state index contributed by atoms with van der Waals surface area (Å²) in [7, 11) is 0. The van der Waals surface area contributed by atoms with Crippen molar-refractivity contribution in [2.75, 3.05) is 19.8 Å². The van der Waals surface area contributed by atoms with Gasteiger partial charge in [0, 0.05) is 13.0 Å². The Hall–Kier alpha value is -1.63. The van der Waals surface area contributed by atoms with Gasteiger partial charge in [-0.3, -0.25) is 14.4 Å². The van der Waals surface area contributed by atoms with Crippen molar-refractivity contribution >= 4 is 17.8 Å². The monoisotopic (exact) mass is 326 g/mol. The Morgan fingerprint density at radius 3 is 2.52 bits per heavy atom. The van der Waals surface area contributed by atoms with Gasteiger partial charge in [-0.05, 0) is 18.8 Å². The van der Waals surface area contributed by atoms with E-state index in [4.69, 9.17) is 9.84 Å². The second-order valence-electron chi connectivity index (χ2n) is 6.67. The summed E-state index contributed by atoms with van der Waals surface area (Å²) in [6.07, 6.45) is 6.53. The van der Waals surface area contributed by atoms with Crippen molar-refractivity contribution in [1.29, 1.82) is 0 Å². The SMILES string of the molecule is O=C(O)CC1(NC(=O)CNC(=O)CCC2CCCC2)CCOC1. The number of amides is 2. The lowest BCUT2D eigenvalue weighted by Crippen LogP contribution is -2.53. The van der Waals surface area contributed by atoms with Crippen LogP contribution in [0.2, 0.25) is 0 Å². The highest BCUT2D eigenvalue weighted by Gasteiger charge is 2.38. The molecule has 1 atom stereocenters. The van der Waals surface area contributed by atoms with Crippen molar-refractivity contribution in [1.82, 2.24) is 10.6 Å². The minimum Gasteiger partial charge on any atom is -0.481 e. The van der Waals surface area contributed by atoms with Gasteiger partial charge >= 0.3 is 5.97 Å². The van der Waals surface area contributed by atoms with Crippen molar-refractivity contribution < 1.29 is 24.2 Å². The van der Waals surface area contributed by atoms with E-state index in [1.54, 1.807) is 0 Å². The van der Waals surface area contributed by atoms with E-state index in [0.717, 1.165) is 6.42 Å². The highest BCUT2D eigenvalue weighted by atomic mass is 16.5. The second kappa shape index (κ2) is 8.29. The van der Waals surface area contributed by atoms with E-state index in [2.05, 4.69) is 10.6 Å². The third kappa shape index (κ3) is 5.82. The number of hydrogen-bond acceptors (Lipinski definition) is 4. The van der Waals surface area contributed by atoms with E-state index in [1.807, 2.05) is 0 Å². The predicted molar refractivity (Wildman–Crippen MR) is 82.8 cm³/mol. The number of rotatable bonds is 8. The summed E-state index contributed by atoms with van der Waals surface area (Å²) >= 11 is 0. The molecule has 1 saturated carbocycles. The van der Waals surface area contributed by atoms with Crippen LogP contribution in [0, 0.1) is 5.92 Å². The van der Waals surface area contributed by atoms with E-state index in [1.165, 1.54) is 25.7 Å². The van der Waals surface area contributed by atoms with Crippen LogP contribution in [-0.2, 0) is 19.1 Å². The van der Waals surface area contributed by atoms with Crippen LogP contribution in [0.5, 0.6) is 0 Å². The normalized spacial score (nSPS) is 24.5. The van der Waals surface area contributed by atoms with Crippen LogP contribution in [0.15, 0.2) is 0 Å². The highest BCUT2D eigenvalue weighted by Crippen LogP contribution is 2.28. The Bertz CT molecular complexity index is 440. The standard InChI is InChI=1S/C16H26N2O5/c19-13(6-5-12-3-1-2-4-12)17-10-14(20)18-16(9-15(21)22)7-8-23-11-16/h12H,1-11H2,(H,17,19)(H,18,20)(H,21,22). The molecule has 2 fully saturated rings. The third-order valence-electron chi connectivity index (χ3n) is 4.70. The maximum Gasteiger partial charge on any atom is 0.305 e. The van der Waals surface area contributed by atoms with E-state index in [9.17, 15) is 14.4 Å². The second-order valence-corrected chi connectivity index (χ2v) is 6.67. The Morgan fingerprint density at radius 1 is 1.17 bits per heavy atom. The van der Waals surface area contributed by atoms with Crippen LogP contribution < -0.4 is 10.6 Å². The molecule has 0 bridgehead atoms. The van der Waals surface area contributed by atoms with Crippen molar-refractivity contribution in [2.24, 2.45) is 5.92 Å². The van der Waals surface area contributed by atoms with Gasteiger partial charge in [-0.1, -0.05) is 25.7 Å². The van der Waals surface area contributed by atoms with Crippen LogP contribution in [0.1, 0.15) is 51.4 Å². The lowest BCUT2D eigenvalue weighted by atomic mass is 9.94. The summed E-state index contributed by atoms with van der Waals surface area (Å²) in [6.45, 7) is 0.507. The zero-order valence-electron chi connectivity index (χ0n) is 13.4. The zero-order valence-corrected chi connectivity index (χ0v) is 13.4. The predicted octanol–water partition coefficient (Wildman–Crippen LogP) is 0.823. The van der Waals surface area contributed by atoms with Gasteiger partial charge in [-0.2, -0.15) is 0 Å². The van der Waals surface area contributed by atoms with Crippen LogP contribution in [0.3, 0.4) is 0 Å². The fraction of sp³-hybridized carbons (Fsp3) is 0.812. The van der Waals surface area contributed by atoms with Crippen LogP contribution in [0.25, 0.3) is 0 Å². The van der Waals surface area contributed by atoms with Gasteiger partial charge in [0.15, 0.2) is 0 Å². The molecule has 7 heteroatoms. The summed E-state index contributed by atoms with van der Waals surface area (Å²) in [5, 5.41) is 14.3. The van der Waals surface area contributed by atoms with Gasteiger partial charge < -0.3 is 20.5 Å². The lowest BCUT2D eigenvalue weighted by Gasteiger charge is -2.27. The molecular weight excluding hydrogens is 300 g/mol. The fourth-order valence-electron chi connectivity index (χ4n) is 3.42. The number of hydrogen-bond donors (Lipinski definition) is 3. The maximum absolute atomic E-state index is 12.0. The molecule has 0 aromatic carbocycles. The molecule has 1 saturated heterocycles. The summed E-state index contributed by atoms with van der Waals surface area (Å²) in [5.74, 6) is -0.826. The van der Waals surface area contributed by atoms with E-state index in [0.29, 0.717) is 25.4 Å². The van der Waals surface area contributed by atoms with Crippen molar-refractivity contribution in [2.45, 2.75) is 56.9 Å². The Labute approximate surface area is 136 Å². The summed E-state index contributed by atoms with van der Waals surface area (Å²) in [5.41, 5.74) is -0.850. The molecule has 0 aromatic rings. The first-order valence-electron chi connectivity index (χ1n) is 8.36. The smallest absolute Gasteiger partial charge is 0.305 e. The molecule has 1 heterocycles. The Morgan fingerprint density at radius 2 is 1.91 bits per heavy atom. The molecule has 2 aliphatic rings. The number of ether oxygens (including phenoxy) is 1. The number of aliphatic carboxylic acids is 1. The number of nitrogens with one attached hydrogen (secondary N) is 2. The number of carboxylic acids is 1. The molecule has 1 aliphatic carbocycles. The van der Waals surface area contributed by atoms with Gasteiger partial charge in [-0.15, -0.1) is 0 Å². The third-order valence-corrected chi connectivity index (χ3v) is 4.70. The van der Waals surface area contributed by atoms with Crippen molar-refractivity contribution in [3.05, 3.63) is 0 Å². The van der Waals surface area contributed by atoms with Crippen molar-refractivity contribution in [3.63, 3.8) is 0 Å². The largest absolute Gasteiger partial charge is 0.481 e. The van der Waals surface area contributed by atoms with Crippen LogP contribution in [-0.4, -0.2) is 48.2 Å². The maximum atomic E-state index is 12.0. The van der Waals surface area contributed by atoms with E-state index < -0.39 is 11.5 Å². The summed E-state index contributed by atoms with van der Waals surface area (Å²) in [6, 6.07) is 0. The Kier molecular flexibility index (Phi) is 6.38. The molecule has 2 amide bonds. The molecule has 1 unspecified atom stereocenters. The molecule has 0 aromatic heterocycles. The fourth-order valence-corrected chi connectivity index (χ4v) is 3.42. The zero-order chi connectivity index (χ0) is 16.7. The highest BCUT2D eigenvalue weighted by molar-refractivity contribution is 5.85. The number of carbonyl (C=O) groups is 3. The molecule has 23 heavy (non-hydrogen) atoms. The minimum atomic E-state index is -0.976. The van der Waals surface area contributed by atoms with E-state index in [-0.39, 0.29) is 31.4 Å². The topological polar surface area (TPSA) is 105 Å². The number of carboxylic acid groups (broad SMARTS) is 1. The first-order chi connectivity index (χ1) is 11.0. The molecule has 1 aliphatic heterocycles. The van der Waals surface area contributed by atoms with Gasteiger partial charge in [0.1, 0.15) is 0 Å².